The van der Waals surface area contributed by atoms with Crippen LogP contribution in [-0.2, 0) is 4.74 Å². The van der Waals surface area contributed by atoms with Gasteiger partial charge in [0.2, 0.25) is 0 Å². The van der Waals surface area contributed by atoms with Crippen LogP contribution in [0.5, 0.6) is 0 Å². The monoisotopic (exact) mass is 157 g/mol. The van der Waals surface area contributed by atoms with Crippen molar-refractivity contribution in [3.05, 3.63) is 0 Å². The fraction of sp³-hybridized carbons (Fsp3) is 1.00. The maximum absolute atomic E-state index is 5.12. The van der Waals surface area contributed by atoms with E-state index >= 15 is 0 Å². The molecule has 0 saturated heterocycles. The second-order valence-corrected chi connectivity index (χ2v) is 1.57. The lowest BCUT2D eigenvalue weighted by molar-refractivity contribution is 0.158. The molecule has 4 heteroatoms. The van der Waals surface area contributed by atoms with Gasteiger partial charge >= 0.3 is 0 Å². The standard InChI is InChI=1S/C4H11NOS.ClH/c5-1-2-6-3-4-7;/h7H,1-5H2;1H. The van der Waals surface area contributed by atoms with Gasteiger partial charge in [0.05, 0.1) is 13.2 Å². The molecule has 0 amide bonds. The number of ether oxygens (including phenoxy) is 1. The second-order valence-electron chi connectivity index (χ2n) is 1.12. The third-order valence-corrected chi connectivity index (χ3v) is 0.680. The van der Waals surface area contributed by atoms with Crippen LogP contribution in [0.15, 0.2) is 0 Å². The van der Waals surface area contributed by atoms with E-state index in [1.54, 1.807) is 0 Å². The zero-order valence-corrected chi connectivity index (χ0v) is 6.38. The molecule has 0 atom stereocenters. The van der Waals surface area contributed by atoms with E-state index in [1.807, 2.05) is 0 Å². The van der Waals surface area contributed by atoms with Crippen LogP contribution in [-0.4, -0.2) is 25.5 Å². The number of rotatable bonds is 4. The van der Waals surface area contributed by atoms with E-state index in [2.05, 4.69) is 12.6 Å². The van der Waals surface area contributed by atoms with Crippen molar-refractivity contribution < 1.29 is 4.74 Å². The normalized spacial score (nSPS) is 8.25. The quantitative estimate of drug-likeness (QED) is 0.455. The summed E-state index contributed by atoms with van der Waals surface area (Å²) in [4.78, 5) is 0. The number of hydrogen-bond acceptors (Lipinski definition) is 3. The summed E-state index contributed by atoms with van der Waals surface area (Å²) in [6, 6.07) is 0. The average molecular weight is 158 g/mol. The Bertz CT molecular complexity index is 35.2. The highest BCUT2D eigenvalue weighted by Gasteiger charge is 1.78. The van der Waals surface area contributed by atoms with Gasteiger partial charge in [0.25, 0.3) is 0 Å². The van der Waals surface area contributed by atoms with Crippen LogP contribution in [0.2, 0.25) is 0 Å². The fourth-order valence-corrected chi connectivity index (χ4v) is 0.379. The summed E-state index contributed by atoms with van der Waals surface area (Å²) in [6.07, 6.45) is 0. The predicted molar refractivity (Wildman–Crippen MR) is 41.0 cm³/mol. The van der Waals surface area contributed by atoms with Gasteiger partial charge < -0.3 is 10.5 Å². The Kier molecular flexibility index (Phi) is 15.0. The van der Waals surface area contributed by atoms with Gasteiger partial charge in [-0.3, -0.25) is 0 Å². The highest BCUT2D eigenvalue weighted by Crippen LogP contribution is 1.74. The van der Waals surface area contributed by atoms with Gasteiger partial charge in [-0.1, -0.05) is 0 Å². The van der Waals surface area contributed by atoms with E-state index in [1.165, 1.54) is 0 Å². The fourth-order valence-electron chi connectivity index (χ4n) is 0.250. The number of thiol groups is 1. The first-order valence-electron chi connectivity index (χ1n) is 2.30. The van der Waals surface area contributed by atoms with Crippen LogP contribution in [0.1, 0.15) is 0 Å². The molecule has 0 radical (unpaired) electrons. The molecule has 8 heavy (non-hydrogen) atoms. The van der Waals surface area contributed by atoms with Crippen LogP contribution < -0.4 is 5.73 Å². The molecule has 2 nitrogen and oxygen atoms in total. The minimum atomic E-state index is 0. The molecule has 0 unspecified atom stereocenters. The molecular formula is C4H12ClNOS. The third kappa shape index (κ3) is 9.75. The lowest BCUT2D eigenvalue weighted by Crippen LogP contribution is -2.09. The van der Waals surface area contributed by atoms with E-state index in [0.29, 0.717) is 19.8 Å². The molecule has 2 N–H and O–H groups in total. The highest BCUT2D eigenvalue weighted by molar-refractivity contribution is 7.80. The molecule has 52 valence electrons. The molecule has 0 fully saturated rings. The Labute approximate surface area is 61.6 Å². The van der Waals surface area contributed by atoms with Crippen LogP contribution in [0.3, 0.4) is 0 Å². The van der Waals surface area contributed by atoms with Crippen LogP contribution in [0, 0.1) is 0 Å². The summed E-state index contributed by atoms with van der Waals surface area (Å²) in [5.74, 6) is 0.778. The Morgan fingerprint density at radius 3 is 2.38 bits per heavy atom. The molecular weight excluding hydrogens is 146 g/mol. The van der Waals surface area contributed by atoms with E-state index in [4.69, 9.17) is 10.5 Å². The Balaban J connectivity index is 0. The van der Waals surface area contributed by atoms with Crippen LogP contribution >= 0.6 is 25.0 Å². The third-order valence-electron chi connectivity index (χ3n) is 0.498. The van der Waals surface area contributed by atoms with E-state index in [0.717, 1.165) is 5.75 Å². The summed E-state index contributed by atoms with van der Waals surface area (Å²) in [7, 11) is 0. The van der Waals surface area contributed by atoms with Gasteiger partial charge in [-0.25, -0.2) is 0 Å². The first kappa shape index (κ1) is 11.4. The van der Waals surface area contributed by atoms with Gasteiger partial charge in [0.15, 0.2) is 0 Å². The largest absolute Gasteiger partial charge is 0.379 e. The summed E-state index contributed by atoms with van der Waals surface area (Å²) >= 11 is 3.93. The first-order valence-corrected chi connectivity index (χ1v) is 2.93. The number of nitrogens with two attached hydrogens (primary N) is 1. The second kappa shape index (κ2) is 10.5. The van der Waals surface area contributed by atoms with Gasteiger partial charge in [-0.15, -0.1) is 12.4 Å². The minimum Gasteiger partial charge on any atom is -0.379 e. The Morgan fingerprint density at radius 1 is 1.38 bits per heavy atom. The van der Waals surface area contributed by atoms with Gasteiger partial charge in [0.1, 0.15) is 0 Å². The van der Waals surface area contributed by atoms with E-state index < -0.39 is 0 Å². The molecule has 0 bridgehead atoms. The maximum atomic E-state index is 5.12. The molecule has 0 saturated carbocycles. The Hall–Kier alpha value is 0.560. The molecule has 0 aliphatic carbocycles. The molecule has 0 spiro atoms. The van der Waals surface area contributed by atoms with Crippen molar-refractivity contribution >= 4 is 25.0 Å². The molecule has 0 aromatic heterocycles. The lowest BCUT2D eigenvalue weighted by atomic mass is 10.7. The van der Waals surface area contributed by atoms with Crippen molar-refractivity contribution in [1.29, 1.82) is 0 Å². The average Bonchev–Trinajstić information content (AvgIpc) is 1.69. The molecule has 0 aliphatic rings. The zero-order valence-electron chi connectivity index (χ0n) is 4.67. The van der Waals surface area contributed by atoms with E-state index in [-0.39, 0.29) is 12.4 Å². The van der Waals surface area contributed by atoms with E-state index in [9.17, 15) is 0 Å². The lowest BCUT2D eigenvalue weighted by Gasteiger charge is -1.95. The summed E-state index contributed by atoms with van der Waals surface area (Å²) in [5, 5.41) is 0. The summed E-state index contributed by atoms with van der Waals surface area (Å²) in [5.41, 5.74) is 5.12. The molecule has 0 heterocycles. The van der Waals surface area contributed by atoms with Crippen LogP contribution in [0.4, 0.5) is 0 Å². The first-order chi connectivity index (χ1) is 3.41. The molecule has 0 aliphatic heterocycles. The van der Waals surface area contributed by atoms with Crippen molar-refractivity contribution in [1.82, 2.24) is 0 Å². The molecule has 0 aromatic rings. The number of halogens is 1. The van der Waals surface area contributed by atoms with Crippen molar-refractivity contribution in [2.24, 2.45) is 5.73 Å². The molecule has 0 aromatic carbocycles. The topological polar surface area (TPSA) is 35.2 Å². The maximum Gasteiger partial charge on any atom is 0.0589 e. The smallest absolute Gasteiger partial charge is 0.0589 e. The summed E-state index contributed by atoms with van der Waals surface area (Å²) < 4.78 is 4.93. The molecule has 0 rings (SSSR count). The SMILES string of the molecule is Cl.NCCOCCS. The summed E-state index contributed by atoms with van der Waals surface area (Å²) in [6.45, 7) is 1.97. The Morgan fingerprint density at radius 2 is 2.00 bits per heavy atom. The van der Waals surface area contributed by atoms with Gasteiger partial charge in [0, 0.05) is 12.3 Å². The van der Waals surface area contributed by atoms with Crippen molar-refractivity contribution in [2.45, 2.75) is 0 Å². The van der Waals surface area contributed by atoms with Crippen molar-refractivity contribution in [2.75, 3.05) is 25.5 Å². The van der Waals surface area contributed by atoms with Crippen molar-refractivity contribution in [3.63, 3.8) is 0 Å². The zero-order chi connectivity index (χ0) is 5.54. The highest BCUT2D eigenvalue weighted by atomic mass is 35.5. The van der Waals surface area contributed by atoms with Crippen LogP contribution in [0.25, 0.3) is 0 Å². The van der Waals surface area contributed by atoms with Gasteiger partial charge in [-0.05, 0) is 0 Å². The number of hydrogen-bond donors (Lipinski definition) is 2. The van der Waals surface area contributed by atoms with Crippen molar-refractivity contribution in [3.8, 4) is 0 Å². The minimum absolute atomic E-state index is 0. The van der Waals surface area contributed by atoms with Gasteiger partial charge in [-0.2, -0.15) is 12.6 Å². The predicted octanol–water partition coefficient (Wildman–Crippen LogP) is 0.313.